The average Bonchev–Trinajstić information content (AvgIpc) is 2.19. The summed E-state index contributed by atoms with van der Waals surface area (Å²) in [6, 6.07) is 0. The van der Waals surface area contributed by atoms with Crippen molar-refractivity contribution in [2.45, 2.75) is 0 Å². The third-order valence-electron chi connectivity index (χ3n) is 0.387. The van der Waals surface area contributed by atoms with Gasteiger partial charge in [0.15, 0.2) is 0 Å². The zero-order chi connectivity index (χ0) is 12.9. The van der Waals surface area contributed by atoms with Gasteiger partial charge in [0.1, 0.15) is 0 Å². The molecule has 0 aromatic rings. The van der Waals surface area contributed by atoms with Crippen LogP contribution in [0.1, 0.15) is 0 Å². The quantitative estimate of drug-likeness (QED) is 0.443. The summed E-state index contributed by atoms with van der Waals surface area (Å²) in [4.78, 5) is 27.0. The van der Waals surface area contributed by atoms with E-state index >= 15 is 0 Å². The summed E-state index contributed by atoms with van der Waals surface area (Å²) in [6.07, 6.45) is 0. The molecule has 0 atom stereocenters. The molecule has 10 nitrogen and oxygen atoms in total. The van der Waals surface area contributed by atoms with Crippen LogP contribution in [0.15, 0.2) is 0 Å². The van der Waals surface area contributed by atoms with Crippen LogP contribution < -0.4 is 15.3 Å². The number of carbonyl (C=O) groups is 3. The fourth-order valence-corrected chi connectivity index (χ4v) is 0. The van der Waals surface area contributed by atoms with Crippen LogP contribution in [-0.2, 0) is 40.6 Å². The second-order valence-corrected chi connectivity index (χ2v) is 1.59. The first-order valence-corrected chi connectivity index (χ1v) is 3.23. The van der Waals surface area contributed by atoms with E-state index in [2.05, 4.69) is 0 Å². The molecule has 0 unspecified atom stereocenters. The first-order chi connectivity index (χ1) is 6.81. The predicted molar refractivity (Wildman–Crippen MR) is 38.2 cm³/mol. The van der Waals surface area contributed by atoms with E-state index in [1.807, 2.05) is 0 Å². The van der Waals surface area contributed by atoms with Gasteiger partial charge in [-0.05, 0) is 0 Å². The smallest absolute Gasteiger partial charge is 0.870 e. The number of hydrogen-bond donors (Lipinski definition) is 3. The molecule has 0 bridgehead atoms. The van der Waals surface area contributed by atoms with Gasteiger partial charge >= 0.3 is 26.2 Å². The van der Waals surface area contributed by atoms with Crippen molar-refractivity contribution in [3.63, 3.8) is 0 Å². The SMILES string of the molecule is O=C([O-])CO.O=C([O-])CO.O=C([O-])CO.[OH-].[Zr+4]. The summed E-state index contributed by atoms with van der Waals surface area (Å²) in [6.45, 7) is -2.67. The van der Waals surface area contributed by atoms with Crippen LogP contribution in [0.5, 0.6) is 0 Å². The van der Waals surface area contributed by atoms with Crippen LogP contribution in [-0.4, -0.2) is 58.5 Å². The van der Waals surface area contributed by atoms with Gasteiger partial charge in [-0.2, -0.15) is 0 Å². The minimum atomic E-state index is -1.44. The molecule has 0 rings (SSSR count). The van der Waals surface area contributed by atoms with E-state index in [-0.39, 0.29) is 31.7 Å². The molecule has 0 amide bonds. The van der Waals surface area contributed by atoms with Crippen LogP contribution >= 0.6 is 0 Å². The molecule has 0 saturated heterocycles. The van der Waals surface area contributed by atoms with Crippen molar-refractivity contribution >= 4 is 17.9 Å². The Morgan fingerprint density at radius 2 is 0.765 bits per heavy atom. The van der Waals surface area contributed by atoms with Crippen LogP contribution in [0, 0.1) is 0 Å². The second kappa shape index (κ2) is 24.4. The summed E-state index contributed by atoms with van der Waals surface area (Å²) in [5.74, 6) is -4.32. The van der Waals surface area contributed by atoms with Crippen LogP contribution in [0.3, 0.4) is 0 Å². The molecule has 98 valence electrons. The van der Waals surface area contributed by atoms with Crippen molar-refractivity contribution in [3.8, 4) is 0 Å². The summed E-state index contributed by atoms with van der Waals surface area (Å²) < 4.78 is 0. The first-order valence-electron chi connectivity index (χ1n) is 3.23. The summed E-state index contributed by atoms with van der Waals surface area (Å²) >= 11 is 0. The van der Waals surface area contributed by atoms with Crippen LogP contribution in [0.4, 0.5) is 0 Å². The Labute approximate surface area is 115 Å². The molecule has 0 aliphatic carbocycles. The zero-order valence-electron chi connectivity index (χ0n) is 8.36. The fraction of sp³-hybridized carbons (Fsp3) is 0.500. The molecule has 0 saturated carbocycles. The Hall–Kier alpha value is -0.867. The van der Waals surface area contributed by atoms with Gasteiger partial charge in [-0.1, -0.05) is 0 Å². The van der Waals surface area contributed by atoms with Crippen molar-refractivity contribution < 1.29 is 76.7 Å². The molecule has 0 aliphatic rings. The Bertz CT molecular complexity index is 160. The van der Waals surface area contributed by atoms with Gasteiger partial charge in [0.25, 0.3) is 0 Å². The van der Waals surface area contributed by atoms with Gasteiger partial charge < -0.3 is 50.5 Å². The maximum atomic E-state index is 9.01. The summed E-state index contributed by atoms with van der Waals surface area (Å²) in [5, 5.41) is 49.5. The monoisotopic (exact) mass is 332 g/mol. The number of carbonyl (C=O) groups excluding carboxylic acids is 3. The molecule has 0 aromatic heterocycles. The molecular formula is C6H10O10Zr. The third kappa shape index (κ3) is 99.1. The standard InChI is InChI=1S/3C2H4O3.H2O.Zr/c3*3-1-2(4)5;;/h3*3H,1H2,(H,4,5);1H2;/q;;;;+4/p-4. The van der Waals surface area contributed by atoms with Crippen molar-refractivity contribution in [1.82, 2.24) is 0 Å². The van der Waals surface area contributed by atoms with E-state index in [4.69, 9.17) is 45.0 Å². The molecule has 0 fully saturated rings. The molecule has 0 spiro atoms. The summed E-state index contributed by atoms with van der Waals surface area (Å²) in [5.41, 5.74) is 0. The van der Waals surface area contributed by atoms with Crippen molar-refractivity contribution in [2.24, 2.45) is 0 Å². The van der Waals surface area contributed by atoms with E-state index in [0.717, 1.165) is 0 Å². The number of aliphatic hydroxyl groups excluding tert-OH is 3. The fourth-order valence-electron chi connectivity index (χ4n) is 0. The molecule has 4 N–H and O–H groups in total. The Kier molecular flexibility index (Phi) is 42.8. The van der Waals surface area contributed by atoms with E-state index in [0.29, 0.717) is 0 Å². The minimum absolute atomic E-state index is 0. The number of carboxylic acid groups (broad SMARTS) is 3. The van der Waals surface area contributed by atoms with Crippen molar-refractivity contribution in [1.29, 1.82) is 0 Å². The van der Waals surface area contributed by atoms with Gasteiger partial charge in [0, 0.05) is 0 Å². The van der Waals surface area contributed by atoms with Crippen LogP contribution in [0.2, 0.25) is 0 Å². The topological polar surface area (TPSA) is 211 Å². The Morgan fingerprint density at radius 3 is 0.765 bits per heavy atom. The normalized spacial score (nSPS) is 6.53. The van der Waals surface area contributed by atoms with E-state index in [1.165, 1.54) is 0 Å². The zero-order valence-corrected chi connectivity index (χ0v) is 10.8. The van der Waals surface area contributed by atoms with Gasteiger partial charge in [0.2, 0.25) is 0 Å². The molecule has 0 aromatic carbocycles. The molecule has 0 aliphatic heterocycles. The van der Waals surface area contributed by atoms with Gasteiger partial charge in [-0.3, -0.25) is 0 Å². The van der Waals surface area contributed by atoms with Gasteiger partial charge in [0.05, 0.1) is 37.7 Å². The van der Waals surface area contributed by atoms with Crippen LogP contribution in [0.25, 0.3) is 0 Å². The first kappa shape index (κ1) is 29.8. The minimum Gasteiger partial charge on any atom is -0.870 e. The molecule has 17 heavy (non-hydrogen) atoms. The van der Waals surface area contributed by atoms with Crippen molar-refractivity contribution in [3.05, 3.63) is 0 Å². The number of carboxylic acids is 3. The molecule has 0 heterocycles. The maximum absolute atomic E-state index is 9.01. The molecular weight excluding hydrogens is 323 g/mol. The molecule has 0 radical (unpaired) electrons. The van der Waals surface area contributed by atoms with Gasteiger partial charge in [-0.15, -0.1) is 0 Å². The van der Waals surface area contributed by atoms with E-state index in [9.17, 15) is 0 Å². The largest absolute Gasteiger partial charge is 4.00 e. The van der Waals surface area contributed by atoms with E-state index in [1.54, 1.807) is 0 Å². The molecule has 11 heteroatoms. The number of hydrogen-bond acceptors (Lipinski definition) is 10. The number of aliphatic hydroxyl groups is 3. The van der Waals surface area contributed by atoms with Gasteiger partial charge in [-0.25, -0.2) is 0 Å². The third-order valence-corrected chi connectivity index (χ3v) is 0.387. The summed E-state index contributed by atoms with van der Waals surface area (Å²) in [7, 11) is 0. The maximum Gasteiger partial charge on any atom is 4.00 e. The number of rotatable bonds is 3. The second-order valence-electron chi connectivity index (χ2n) is 1.59. The average molecular weight is 333 g/mol. The predicted octanol–water partition coefficient (Wildman–Crippen LogP) is -6.99. The number of aliphatic carboxylic acids is 3. The Morgan fingerprint density at radius 1 is 0.706 bits per heavy atom. The van der Waals surface area contributed by atoms with Crippen molar-refractivity contribution in [2.75, 3.05) is 19.8 Å². The Balaban J connectivity index is -0.0000000400. The van der Waals surface area contributed by atoms with E-state index < -0.39 is 37.7 Å².